The summed E-state index contributed by atoms with van der Waals surface area (Å²) in [6, 6.07) is 14.2. The quantitative estimate of drug-likeness (QED) is 0.493. The lowest BCUT2D eigenvalue weighted by molar-refractivity contribution is 0.415. The van der Waals surface area contributed by atoms with Crippen LogP contribution in [0, 0.1) is 0 Å². The molecule has 6 heteroatoms. The molecule has 0 spiro atoms. The average Bonchev–Trinajstić information content (AvgIpc) is 2.73. The molecule has 0 radical (unpaired) electrons. The van der Waals surface area contributed by atoms with E-state index in [0.717, 1.165) is 18.4 Å². The van der Waals surface area contributed by atoms with E-state index < -0.39 is 0 Å². The summed E-state index contributed by atoms with van der Waals surface area (Å²) >= 11 is 0. The van der Waals surface area contributed by atoms with E-state index in [1.807, 2.05) is 24.3 Å². The highest BCUT2D eigenvalue weighted by atomic mass is 16.5. The molecule has 0 amide bonds. The molecule has 2 heterocycles. The maximum atomic E-state index is 13.3. The maximum Gasteiger partial charge on any atom is 0.269 e. The number of rotatable bonds is 5. The first-order valence-electron chi connectivity index (χ1n) is 9.25. The summed E-state index contributed by atoms with van der Waals surface area (Å²) in [5, 5.41) is 0.375. The normalized spacial score (nSPS) is 11.2. The van der Waals surface area contributed by atoms with Crippen molar-refractivity contribution in [2.24, 2.45) is 0 Å². The van der Waals surface area contributed by atoms with Crippen molar-refractivity contribution in [3.8, 4) is 17.1 Å². The molecule has 28 heavy (non-hydrogen) atoms. The molecule has 142 valence electrons. The van der Waals surface area contributed by atoms with Gasteiger partial charge in [-0.05, 0) is 42.8 Å². The van der Waals surface area contributed by atoms with Gasteiger partial charge in [0.25, 0.3) is 5.56 Å². The van der Waals surface area contributed by atoms with Gasteiger partial charge in [0, 0.05) is 12.1 Å². The molecule has 0 aliphatic heterocycles. The summed E-state index contributed by atoms with van der Waals surface area (Å²) in [6.45, 7) is 2.53. The third kappa shape index (κ3) is 2.97. The highest BCUT2D eigenvalue weighted by molar-refractivity contribution is 5.88. The monoisotopic (exact) mass is 376 g/mol. The van der Waals surface area contributed by atoms with Crippen LogP contribution in [-0.4, -0.2) is 16.7 Å². The van der Waals surface area contributed by atoms with E-state index in [0.29, 0.717) is 29.1 Å². The van der Waals surface area contributed by atoms with Crippen LogP contribution in [0.4, 0.5) is 0 Å². The zero-order valence-corrected chi connectivity index (χ0v) is 15.8. The topological polar surface area (TPSA) is 74.3 Å². The zero-order chi connectivity index (χ0) is 19.7. The fourth-order valence-electron chi connectivity index (χ4n) is 3.27. The number of ether oxygens (including phenoxy) is 1. The summed E-state index contributed by atoms with van der Waals surface area (Å²) in [6.07, 6.45) is 1.72. The number of fused-ring (bicyclic) bond motifs is 2. The number of nitrogens with zero attached hydrogens (tertiary/aromatic N) is 2. The van der Waals surface area contributed by atoms with E-state index in [1.165, 1.54) is 0 Å². The molecule has 2 aromatic heterocycles. The Morgan fingerprint density at radius 3 is 2.54 bits per heavy atom. The highest BCUT2D eigenvalue weighted by Gasteiger charge is 2.18. The third-order valence-electron chi connectivity index (χ3n) is 4.78. The van der Waals surface area contributed by atoms with Crippen LogP contribution in [0.25, 0.3) is 33.5 Å². The largest absolute Gasteiger partial charge is 0.497 e. The molecule has 0 N–H and O–H groups in total. The molecule has 0 unspecified atom stereocenters. The fourth-order valence-corrected chi connectivity index (χ4v) is 3.27. The fraction of sp³-hybridized carbons (Fsp3) is 0.227. The van der Waals surface area contributed by atoms with Crippen molar-refractivity contribution in [3.63, 3.8) is 0 Å². The van der Waals surface area contributed by atoms with Gasteiger partial charge in [0.1, 0.15) is 17.2 Å². The minimum atomic E-state index is -0.372. The molecule has 4 aromatic rings. The molecule has 0 aliphatic rings. The SMILES string of the molecule is CCCCn1c(-c2ccc(OC)cc2)nc2oc3ccccc3c(=O)c2c1=O. The van der Waals surface area contributed by atoms with Gasteiger partial charge in [0.2, 0.25) is 11.1 Å². The molecule has 2 aromatic carbocycles. The summed E-state index contributed by atoms with van der Waals surface area (Å²) in [5.41, 5.74) is 0.516. The number of hydrogen-bond acceptors (Lipinski definition) is 5. The van der Waals surface area contributed by atoms with Crippen molar-refractivity contribution in [2.45, 2.75) is 26.3 Å². The Hall–Kier alpha value is -3.41. The van der Waals surface area contributed by atoms with E-state index >= 15 is 0 Å². The highest BCUT2D eigenvalue weighted by Crippen LogP contribution is 2.23. The van der Waals surface area contributed by atoms with Crippen LogP contribution in [0.15, 0.2) is 62.5 Å². The van der Waals surface area contributed by atoms with Gasteiger partial charge in [0.15, 0.2) is 5.39 Å². The molecule has 0 saturated heterocycles. The Morgan fingerprint density at radius 1 is 1.07 bits per heavy atom. The third-order valence-corrected chi connectivity index (χ3v) is 4.78. The van der Waals surface area contributed by atoms with E-state index in [2.05, 4.69) is 11.9 Å². The van der Waals surface area contributed by atoms with Gasteiger partial charge in [-0.1, -0.05) is 25.5 Å². The number of unbranched alkanes of at least 4 members (excludes halogenated alkanes) is 1. The number of hydrogen-bond donors (Lipinski definition) is 0. The first kappa shape index (κ1) is 18.0. The molecule has 0 fully saturated rings. The van der Waals surface area contributed by atoms with Gasteiger partial charge >= 0.3 is 0 Å². The molecule has 4 rings (SSSR count). The summed E-state index contributed by atoms with van der Waals surface area (Å²) in [4.78, 5) is 30.8. The van der Waals surface area contributed by atoms with E-state index in [1.54, 1.807) is 35.9 Å². The Kier molecular flexibility index (Phi) is 4.69. The van der Waals surface area contributed by atoms with Crippen LogP contribution < -0.4 is 15.7 Å². The first-order chi connectivity index (χ1) is 13.6. The van der Waals surface area contributed by atoms with Crippen molar-refractivity contribution >= 4 is 22.1 Å². The average molecular weight is 376 g/mol. The Labute approximate surface area is 161 Å². The van der Waals surface area contributed by atoms with E-state index in [4.69, 9.17) is 9.15 Å². The molecular weight excluding hydrogens is 356 g/mol. The molecule has 0 atom stereocenters. The van der Waals surface area contributed by atoms with Gasteiger partial charge in [0.05, 0.1) is 12.5 Å². The van der Waals surface area contributed by atoms with Gasteiger partial charge < -0.3 is 9.15 Å². The molecule has 0 bridgehead atoms. The maximum absolute atomic E-state index is 13.3. The second kappa shape index (κ2) is 7.31. The summed E-state index contributed by atoms with van der Waals surface area (Å²) < 4.78 is 12.6. The van der Waals surface area contributed by atoms with E-state index in [9.17, 15) is 9.59 Å². The molecule has 6 nitrogen and oxygen atoms in total. The number of aromatic nitrogens is 2. The molecule has 0 aliphatic carbocycles. The van der Waals surface area contributed by atoms with E-state index in [-0.39, 0.29) is 22.1 Å². The van der Waals surface area contributed by atoms with Crippen LogP contribution in [0.2, 0.25) is 0 Å². The predicted molar refractivity (Wildman–Crippen MR) is 109 cm³/mol. The first-order valence-corrected chi connectivity index (χ1v) is 9.25. The number of methoxy groups -OCH3 is 1. The lowest BCUT2D eigenvalue weighted by atomic mass is 10.1. The summed E-state index contributed by atoms with van der Waals surface area (Å²) in [5.74, 6) is 1.19. The molecule has 0 saturated carbocycles. The lowest BCUT2D eigenvalue weighted by Gasteiger charge is -2.13. The van der Waals surface area contributed by atoms with Crippen molar-refractivity contribution < 1.29 is 9.15 Å². The predicted octanol–water partition coefficient (Wildman–Crippen LogP) is 3.98. The smallest absolute Gasteiger partial charge is 0.269 e. The van der Waals surface area contributed by atoms with Gasteiger partial charge in [-0.15, -0.1) is 0 Å². The van der Waals surface area contributed by atoms with Crippen LogP contribution in [0.5, 0.6) is 5.75 Å². The van der Waals surface area contributed by atoms with Gasteiger partial charge in [-0.2, -0.15) is 4.98 Å². The Morgan fingerprint density at radius 2 is 1.82 bits per heavy atom. The van der Waals surface area contributed by atoms with Crippen molar-refractivity contribution in [1.29, 1.82) is 0 Å². The van der Waals surface area contributed by atoms with Crippen LogP contribution in [-0.2, 0) is 6.54 Å². The van der Waals surface area contributed by atoms with Gasteiger partial charge in [-0.3, -0.25) is 14.2 Å². The van der Waals surface area contributed by atoms with Crippen molar-refractivity contribution in [1.82, 2.24) is 9.55 Å². The van der Waals surface area contributed by atoms with Crippen molar-refractivity contribution in [2.75, 3.05) is 7.11 Å². The molecular formula is C22H20N2O4. The number of para-hydroxylation sites is 1. The van der Waals surface area contributed by atoms with Crippen molar-refractivity contribution in [3.05, 3.63) is 69.1 Å². The minimum Gasteiger partial charge on any atom is -0.497 e. The van der Waals surface area contributed by atoms with Crippen LogP contribution in [0.1, 0.15) is 19.8 Å². The minimum absolute atomic E-state index is 0.00735. The Bertz CT molecular complexity index is 1270. The summed E-state index contributed by atoms with van der Waals surface area (Å²) in [7, 11) is 1.60. The second-order valence-corrected chi connectivity index (χ2v) is 6.58. The zero-order valence-electron chi connectivity index (χ0n) is 15.8. The number of benzene rings is 2. The second-order valence-electron chi connectivity index (χ2n) is 6.58. The lowest BCUT2D eigenvalue weighted by Crippen LogP contribution is -2.27. The standard InChI is InChI=1S/C22H20N2O4/c1-3-4-13-24-20(14-9-11-15(27-2)12-10-14)23-21-18(22(24)26)19(25)16-7-5-6-8-17(16)28-21/h5-12H,3-4,13H2,1-2H3. The van der Waals surface area contributed by atoms with Crippen LogP contribution in [0.3, 0.4) is 0 Å². The van der Waals surface area contributed by atoms with Gasteiger partial charge in [-0.25, -0.2) is 0 Å². The Balaban J connectivity index is 2.06. The van der Waals surface area contributed by atoms with Crippen LogP contribution >= 0.6 is 0 Å².